The van der Waals surface area contributed by atoms with E-state index in [0.29, 0.717) is 0 Å². The standard InChI is InChI=1S/C2H4N.Po.H/c1-2-3;;/h2-3H,1H2;;/q-1;+1;. The molecule has 0 amide bonds. The van der Waals surface area contributed by atoms with E-state index in [1.807, 2.05) is 0 Å². The molecule has 4 heavy (non-hydrogen) atoms. The van der Waals surface area contributed by atoms with E-state index in [9.17, 15) is 0 Å². The molecule has 0 aliphatic heterocycles. The van der Waals surface area contributed by atoms with Crippen LogP contribution in [0.4, 0.5) is 0 Å². The van der Waals surface area contributed by atoms with Crippen LogP contribution in [-0.2, 0) is 0 Å². The van der Waals surface area contributed by atoms with Crippen molar-refractivity contribution in [3.63, 3.8) is 0 Å². The molecule has 1 N–H and O–H groups in total. The molecule has 0 bridgehead atoms. The summed E-state index contributed by atoms with van der Waals surface area (Å²) in [7, 11) is 0. The molecule has 0 saturated carbocycles. The van der Waals surface area contributed by atoms with E-state index in [0.717, 1.165) is 0 Å². The molecule has 0 aromatic rings. The summed E-state index contributed by atoms with van der Waals surface area (Å²) in [6.45, 7) is 3.40. The first kappa shape index (κ1) is 4.44. The Morgan fingerprint density at radius 3 is 2.25 bits per heavy atom. The Hall–Kier alpha value is 0.436. The van der Waals surface area contributed by atoms with Crippen molar-refractivity contribution in [3.8, 4) is 0 Å². The van der Waals surface area contributed by atoms with E-state index < -0.39 is 0 Å². The van der Waals surface area contributed by atoms with Crippen LogP contribution in [0.5, 0.6) is 0 Å². The van der Waals surface area contributed by atoms with Crippen molar-refractivity contribution in [2.24, 2.45) is 0 Å². The summed E-state index contributed by atoms with van der Waals surface area (Å²) in [4.78, 5) is 0. The van der Waals surface area contributed by atoms with Crippen molar-refractivity contribution >= 4 is 25.4 Å². The molecule has 0 aromatic heterocycles. The fraction of sp³-hybridized carbons (Fsp3) is 0. The normalized spacial score (nSPS) is 5.25. The predicted octanol–water partition coefficient (Wildman–Crippen LogP) is -0.465. The Morgan fingerprint density at radius 2 is 2.25 bits per heavy atom. The van der Waals surface area contributed by atoms with Crippen molar-refractivity contribution in [3.05, 3.63) is 12.8 Å². The maximum absolute atomic E-state index is 3.40. The molecule has 0 aromatic carbocycles. The van der Waals surface area contributed by atoms with Gasteiger partial charge in [-0.15, -0.1) is 0 Å². The van der Waals surface area contributed by atoms with Crippen LogP contribution >= 0.6 is 0 Å². The molecule has 0 aliphatic rings. The van der Waals surface area contributed by atoms with Crippen LogP contribution in [0, 0.1) is 0 Å². The van der Waals surface area contributed by atoms with Gasteiger partial charge >= 0.3 is 41.4 Å². The van der Waals surface area contributed by atoms with Gasteiger partial charge in [0, 0.05) is 0 Å². The Labute approximate surface area is 41.6 Å². The van der Waals surface area contributed by atoms with Gasteiger partial charge in [0.1, 0.15) is 0 Å². The first-order valence-electron chi connectivity index (χ1n) is 0.921. The first-order chi connectivity index (χ1) is 1.91. The molecule has 0 rings (SSSR count). The SMILES string of the molecule is C=C[NH][PoH]. The second-order valence-corrected chi connectivity index (χ2v) is 1.34. The number of hydrogen-bond acceptors (Lipinski definition) is 1. The van der Waals surface area contributed by atoms with E-state index in [1.165, 1.54) is 25.4 Å². The van der Waals surface area contributed by atoms with Crippen LogP contribution in [0.3, 0.4) is 0 Å². The molecule has 0 unspecified atom stereocenters. The van der Waals surface area contributed by atoms with Crippen LogP contribution in [0.15, 0.2) is 12.8 Å². The summed E-state index contributed by atoms with van der Waals surface area (Å²) < 4.78 is 2.81. The molecule has 24 valence electrons. The average molecular weight is 252 g/mol. The summed E-state index contributed by atoms with van der Waals surface area (Å²) in [5, 5.41) is 0. The van der Waals surface area contributed by atoms with E-state index in [4.69, 9.17) is 0 Å². The van der Waals surface area contributed by atoms with Gasteiger partial charge in [0.2, 0.25) is 0 Å². The third kappa shape index (κ3) is 2.44. The number of nitrogens with one attached hydrogen (secondary N) is 1. The molecule has 1 nitrogen and oxygen atoms in total. The molecule has 0 atom stereocenters. The molecular weight excluding hydrogens is 247 g/mol. The Kier molecular flexibility index (Phi) is 3.81. The van der Waals surface area contributed by atoms with Crippen molar-refractivity contribution in [1.82, 2.24) is 3.22 Å². The third-order valence-corrected chi connectivity index (χ3v) is 0.801. The van der Waals surface area contributed by atoms with Gasteiger partial charge in [-0.1, -0.05) is 0 Å². The van der Waals surface area contributed by atoms with Gasteiger partial charge in [-0.2, -0.15) is 0 Å². The molecule has 0 fully saturated rings. The minimum atomic E-state index is 1.18. The van der Waals surface area contributed by atoms with Crippen molar-refractivity contribution in [2.45, 2.75) is 0 Å². The molecule has 0 heterocycles. The summed E-state index contributed by atoms with van der Waals surface area (Å²) in [6.07, 6.45) is 1.67. The van der Waals surface area contributed by atoms with Crippen LogP contribution < -0.4 is 3.22 Å². The Balaban J connectivity index is 2.30. The Bertz CT molecular complexity index is 20.0. The zero-order valence-electron chi connectivity index (χ0n) is 2.23. The van der Waals surface area contributed by atoms with Crippen LogP contribution in [0.25, 0.3) is 0 Å². The van der Waals surface area contributed by atoms with Gasteiger partial charge in [-0.25, -0.2) is 0 Å². The number of hydrogen-bond donors (Lipinski definition) is 1. The molecule has 0 radical (unpaired) electrons. The third-order valence-electron chi connectivity index (χ3n) is 0.0913. The van der Waals surface area contributed by atoms with E-state index in [1.54, 1.807) is 6.20 Å². The summed E-state index contributed by atoms with van der Waals surface area (Å²) in [6, 6.07) is 0. The monoisotopic (exact) mass is 252 g/mol. The van der Waals surface area contributed by atoms with Gasteiger partial charge in [0.15, 0.2) is 0 Å². The summed E-state index contributed by atoms with van der Waals surface area (Å²) in [5.41, 5.74) is 0. The van der Waals surface area contributed by atoms with E-state index in [-0.39, 0.29) is 0 Å². The van der Waals surface area contributed by atoms with Gasteiger partial charge in [-0.3, -0.25) is 0 Å². The van der Waals surface area contributed by atoms with Crippen molar-refractivity contribution in [2.75, 3.05) is 0 Å². The number of rotatable bonds is 1. The fourth-order valence-corrected chi connectivity index (χ4v) is 0. The van der Waals surface area contributed by atoms with Crippen LogP contribution in [0.2, 0.25) is 0 Å². The van der Waals surface area contributed by atoms with Crippen LogP contribution in [0.1, 0.15) is 0 Å². The van der Waals surface area contributed by atoms with Gasteiger partial charge in [0.05, 0.1) is 0 Å². The quantitative estimate of drug-likeness (QED) is 0.665. The molecule has 0 saturated heterocycles. The average Bonchev–Trinajstić information content (AvgIpc) is 1.37. The zero-order chi connectivity index (χ0) is 3.41. The van der Waals surface area contributed by atoms with Crippen molar-refractivity contribution in [1.29, 1.82) is 0 Å². The van der Waals surface area contributed by atoms with Crippen molar-refractivity contribution < 1.29 is 0 Å². The van der Waals surface area contributed by atoms with Gasteiger partial charge < -0.3 is 0 Å². The molecular formula is C2H5NPo. The summed E-state index contributed by atoms with van der Waals surface area (Å²) >= 11 is 1.18. The van der Waals surface area contributed by atoms with E-state index in [2.05, 4.69) is 9.80 Å². The molecule has 0 aliphatic carbocycles. The zero-order valence-corrected chi connectivity index (χ0v) is 5.71. The Morgan fingerprint density at radius 1 is 2.00 bits per heavy atom. The predicted molar refractivity (Wildman–Crippen MR) is 20.5 cm³/mol. The van der Waals surface area contributed by atoms with Crippen LogP contribution in [-0.4, -0.2) is 25.4 Å². The van der Waals surface area contributed by atoms with E-state index >= 15 is 0 Å². The second kappa shape index (κ2) is 3.44. The van der Waals surface area contributed by atoms with Gasteiger partial charge in [-0.05, 0) is 0 Å². The summed E-state index contributed by atoms with van der Waals surface area (Å²) in [5.74, 6) is 0. The second-order valence-electron chi connectivity index (χ2n) is 0.333. The first-order valence-corrected chi connectivity index (χ1v) is 2.66. The molecule has 0 spiro atoms. The fourth-order valence-electron chi connectivity index (χ4n) is 0. The molecule has 2 heteroatoms. The minimum absolute atomic E-state index is 1.18. The van der Waals surface area contributed by atoms with Gasteiger partial charge in [0.25, 0.3) is 0 Å². The maximum atomic E-state index is 3.40. The topological polar surface area (TPSA) is 12.0 Å².